The van der Waals surface area contributed by atoms with Crippen molar-refractivity contribution in [3.05, 3.63) is 83.0 Å². The summed E-state index contributed by atoms with van der Waals surface area (Å²) < 4.78 is 19.4. The summed E-state index contributed by atoms with van der Waals surface area (Å²) >= 11 is 5.89. The molecule has 33 heavy (non-hydrogen) atoms. The lowest BCUT2D eigenvalue weighted by Gasteiger charge is -2.43. The third-order valence-electron chi connectivity index (χ3n) is 6.17. The molecule has 1 unspecified atom stereocenters. The van der Waals surface area contributed by atoms with Crippen molar-refractivity contribution >= 4 is 17.7 Å². The van der Waals surface area contributed by atoms with Crippen LogP contribution in [0.25, 0.3) is 11.3 Å². The minimum atomic E-state index is -0.875. The van der Waals surface area contributed by atoms with Crippen LogP contribution in [0.3, 0.4) is 0 Å². The van der Waals surface area contributed by atoms with E-state index < -0.39 is 11.7 Å². The van der Waals surface area contributed by atoms with Gasteiger partial charge in [-0.05, 0) is 60.7 Å². The average Bonchev–Trinajstić information content (AvgIpc) is 2.83. The first-order valence-corrected chi connectivity index (χ1v) is 11.2. The third kappa shape index (κ3) is 4.99. The predicted molar refractivity (Wildman–Crippen MR) is 123 cm³/mol. The van der Waals surface area contributed by atoms with Gasteiger partial charge in [0.1, 0.15) is 11.4 Å². The number of ether oxygens (including phenoxy) is 1. The van der Waals surface area contributed by atoms with Crippen molar-refractivity contribution in [3.8, 4) is 11.3 Å². The van der Waals surface area contributed by atoms with Gasteiger partial charge in [0.05, 0.1) is 11.7 Å². The van der Waals surface area contributed by atoms with Crippen LogP contribution in [-0.4, -0.2) is 39.2 Å². The number of carbonyl (C=O) groups excluding carboxylic acids is 1. The Labute approximate surface area is 197 Å². The Morgan fingerprint density at radius 1 is 1.18 bits per heavy atom. The van der Waals surface area contributed by atoms with Gasteiger partial charge in [0.15, 0.2) is 0 Å². The van der Waals surface area contributed by atoms with E-state index in [0.717, 1.165) is 22.4 Å². The normalized spacial score (nSPS) is 19.3. The second-order valence-electron chi connectivity index (χ2n) is 8.15. The molecule has 0 radical (unpaired) electrons. The fraction of sp³-hybridized carbons (Fsp3) is 0.320. The van der Waals surface area contributed by atoms with E-state index >= 15 is 0 Å². The molecule has 1 N–H and O–H groups in total. The highest BCUT2D eigenvalue weighted by Crippen LogP contribution is 2.40. The first-order valence-electron chi connectivity index (χ1n) is 10.9. The number of halogens is 2. The lowest BCUT2D eigenvalue weighted by Crippen LogP contribution is -2.48. The van der Waals surface area contributed by atoms with Crippen molar-refractivity contribution in [1.82, 2.24) is 14.9 Å². The highest BCUT2D eigenvalue weighted by Gasteiger charge is 2.43. The van der Waals surface area contributed by atoms with Crippen LogP contribution in [0.5, 0.6) is 0 Å². The highest BCUT2D eigenvalue weighted by molar-refractivity contribution is 6.28. The number of carbonyl (C=O) groups is 1. The molecule has 1 saturated heterocycles. The van der Waals surface area contributed by atoms with Gasteiger partial charge >= 0.3 is 6.09 Å². The van der Waals surface area contributed by atoms with Crippen molar-refractivity contribution in [3.63, 3.8) is 0 Å². The molecule has 1 aliphatic rings. The molecular formula is C25H25ClFN3O3. The second kappa shape index (κ2) is 9.85. The van der Waals surface area contributed by atoms with Crippen LogP contribution in [0.2, 0.25) is 5.28 Å². The Kier molecular flexibility index (Phi) is 6.91. The Hall–Kier alpha value is -3.03. The van der Waals surface area contributed by atoms with Crippen molar-refractivity contribution in [2.75, 3.05) is 13.2 Å². The quantitative estimate of drug-likeness (QED) is 0.462. The number of rotatable bonds is 7. The van der Waals surface area contributed by atoms with E-state index in [0.29, 0.717) is 25.8 Å². The summed E-state index contributed by atoms with van der Waals surface area (Å²) in [7, 11) is 0. The molecule has 2 atom stereocenters. The summed E-state index contributed by atoms with van der Waals surface area (Å²) in [5, 5.41) is 9.54. The molecule has 2 aromatic carbocycles. The molecule has 1 fully saturated rings. The van der Waals surface area contributed by atoms with E-state index in [1.54, 1.807) is 29.3 Å². The lowest BCUT2D eigenvalue weighted by atomic mass is 9.84. The molecule has 3 aromatic rings. The number of aliphatic hydroxyl groups excluding tert-OH is 1. The minimum absolute atomic E-state index is 0.00942. The van der Waals surface area contributed by atoms with Crippen molar-refractivity contribution in [1.29, 1.82) is 0 Å². The van der Waals surface area contributed by atoms with E-state index in [4.69, 9.17) is 16.3 Å². The molecular weight excluding hydrogens is 445 g/mol. The predicted octanol–water partition coefficient (Wildman–Crippen LogP) is 5.51. The van der Waals surface area contributed by atoms with Gasteiger partial charge in [-0.15, -0.1) is 0 Å². The Balaban J connectivity index is 1.51. The molecule has 172 valence electrons. The molecule has 1 amide bonds. The number of benzene rings is 2. The number of hydrogen-bond donors (Lipinski definition) is 1. The summed E-state index contributed by atoms with van der Waals surface area (Å²) in [4.78, 5) is 22.9. The maximum absolute atomic E-state index is 13.4. The summed E-state index contributed by atoms with van der Waals surface area (Å²) in [5.74, 6) is -0.346. The van der Waals surface area contributed by atoms with E-state index in [1.165, 1.54) is 12.1 Å². The Morgan fingerprint density at radius 2 is 1.91 bits per heavy atom. The molecule has 4 rings (SSSR count). The molecule has 0 bridgehead atoms. The largest absolute Gasteiger partial charge is 0.438 e. The molecule has 0 aliphatic carbocycles. The topological polar surface area (TPSA) is 75.6 Å². The fourth-order valence-corrected chi connectivity index (χ4v) is 4.42. The smallest absolute Gasteiger partial charge is 0.411 e. The van der Waals surface area contributed by atoms with Crippen LogP contribution in [0.4, 0.5) is 9.18 Å². The number of hydrogen-bond acceptors (Lipinski definition) is 5. The summed E-state index contributed by atoms with van der Waals surface area (Å²) in [6, 6.07) is 15.4. The standard InChI is InChI=1S/C25H25ClFN3O3/c1-17(18-3-5-19(6-4-18)22-11-14-28-23(26)29-22)30-15-13-25(12-2-16-31,33-24(30)32)20-7-9-21(27)10-8-20/h3-11,14,17,31H,2,12-13,15-16H2,1H3/t17-,25?/m0/s1. The van der Waals surface area contributed by atoms with Crippen LogP contribution >= 0.6 is 11.6 Å². The zero-order valence-corrected chi connectivity index (χ0v) is 19.0. The van der Waals surface area contributed by atoms with Crippen LogP contribution in [0.1, 0.15) is 43.4 Å². The van der Waals surface area contributed by atoms with Gasteiger partial charge in [0.2, 0.25) is 5.28 Å². The second-order valence-corrected chi connectivity index (χ2v) is 8.49. The van der Waals surface area contributed by atoms with Crippen molar-refractivity contribution in [2.45, 2.75) is 37.8 Å². The number of aromatic nitrogens is 2. The van der Waals surface area contributed by atoms with Crippen molar-refractivity contribution in [2.24, 2.45) is 0 Å². The van der Waals surface area contributed by atoms with E-state index in [1.807, 2.05) is 31.2 Å². The molecule has 6 nitrogen and oxygen atoms in total. The molecule has 2 heterocycles. The van der Waals surface area contributed by atoms with Crippen molar-refractivity contribution < 1.29 is 19.0 Å². The zero-order valence-electron chi connectivity index (χ0n) is 18.2. The van der Waals surface area contributed by atoms with Gasteiger partial charge < -0.3 is 14.7 Å². The van der Waals surface area contributed by atoms with Gasteiger partial charge in [-0.1, -0.05) is 36.4 Å². The van der Waals surface area contributed by atoms with Crippen LogP contribution < -0.4 is 0 Å². The fourth-order valence-electron chi connectivity index (χ4n) is 4.27. The zero-order chi connectivity index (χ0) is 23.4. The van der Waals surface area contributed by atoms with Gasteiger partial charge in [0.25, 0.3) is 0 Å². The first kappa shape index (κ1) is 23.1. The van der Waals surface area contributed by atoms with Crippen LogP contribution in [-0.2, 0) is 10.3 Å². The first-order chi connectivity index (χ1) is 15.9. The monoisotopic (exact) mass is 469 g/mol. The Bertz CT molecular complexity index is 1110. The van der Waals surface area contributed by atoms with Gasteiger partial charge in [-0.3, -0.25) is 0 Å². The van der Waals surface area contributed by atoms with E-state index in [2.05, 4.69) is 9.97 Å². The summed E-state index contributed by atoms with van der Waals surface area (Å²) in [6.45, 7) is 2.42. The number of amides is 1. The van der Waals surface area contributed by atoms with Gasteiger partial charge in [-0.2, -0.15) is 0 Å². The lowest BCUT2D eigenvalue weighted by molar-refractivity contribution is -0.0680. The average molecular weight is 470 g/mol. The third-order valence-corrected chi connectivity index (χ3v) is 6.35. The highest BCUT2D eigenvalue weighted by atomic mass is 35.5. The Morgan fingerprint density at radius 3 is 2.55 bits per heavy atom. The van der Waals surface area contributed by atoms with E-state index in [9.17, 15) is 14.3 Å². The van der Waals surface area contributed by atoms with Crippen LogP contribution in [0.15, 0.2) is 60.8 Å². The number of cyclic esters (lactones) is 1. The number of nitrogens with zero attached hydrogens (tertiary/aromatic N) is 3. The van der Waals surface area contributed by atoms with Gasteiger partial charge in [-0.25, -0.2) is 19.2 Å². The van der Waals surface area contributed by atoms with Gasteiger partial charge in [0, 0.05) is 31.3 Å². The maximum Gasteiger partial charge on any atom is 0.411 e. The molecule has 1 aliphatic heterocycles. The van der Waals surface area contributed by atoms with Crippen LogP contribution in [0, 0.1) is 5.82 Å². The molecule has 1 aromatic heterocycles. The SMILES string of the molecule is C[C@@H](c1ccc(-c2ccnc(Cl)n2)cc1)N1CCC(CCCO)(c2ccc(F)cc2)OC1=O. The molecule has 0 spiro atoms. The maximum atomic E-state index is 13.4. The summed E-state index contributed by atoms with van der Waals surface area (Å²) in [6.07, 6.45) is 2.68. The number of aliphatic hydroxyl groups is 1. The minimum Gasteiger partial charge on any atom is -0.438 e. The van der Waals surface area contributed by atoms with E-state index in [-0.39, 0.29) is 23.7 Å². The summed E-state index contributed by atoms with van der Waals surface area (Å²) in [5.41, 5.74) is 2.45. The molecule has 0 saturated carbocycles. The molecule has 8 heteroatoms.